The van der Waals surface area contributed by atoms with E-state index in [2.05, 4.69) is 0 Å². The summed E-state index contributed by atoms with van der Waals surface area (Å²) in [6.45, 7) is 3.41. The average molecular weight is 251 g/mol. The van der Waals surface area contributed by atoms with E-state index in [1.165, 1.54) is 0 Å². The van der Waals surface area contributed by atoms with Crippen molar-refractivity contribution in [2.75, 3.05) is 24.7 Å². The summed E-state index contributed by atoms with van der Waals surface area (Å²) >= 11 is 0. The zero-order chi connectivity index (χ0) is 13.0. The standard InChI is InChI=1S/C13H17NO4/c1-2-17-12-5-4-11(8-10(12)9-15)14-6-3-7-18-13(14)16/h4-5,8,15H,2-3,6-7,9H2,1H3. The zero-order valence-electron chi connectivity index (χ0n) is 10.4. The Morgan fingerprint density at radius 1 is 1.50 bits per heavy atom. The van der Waals surface area contributed by atoms with Crippen LogP contribution in [0.2, 0.25) is 0 Å². The van der Waals surface area contributed by atoms with Crippen LogP contribution in [-0.4, -0.2) is 31.0 Å². The lowest BCUT2D eigenvalue weighted by Crippen LogP contribution is -2.37. The van der Waals surface area contributed by atoms with Crippen molar-refractivity contribution in [2.24, 2.45) is 0 Å². The number of rotatable bonds is 4. The minimum atomic E-state index is -0.339. The summed E-state index contributed by atoms with van der Waals surface area (Å²) in [4.78, 5) is 13.2. The molecule has 0 bridgehead atoms. The molecular formula is C13H17NO4. The van der Waals surface area contributed by atoms with Crippen molar-refractivity contribution >= 4 is 11.8 Å². The van der Waals surface area contributed by atoms with Gasteiger partial charge in [-0.25, -0.2) is 4.79 Å². The van der Waals surface area contributed by atoms with Crippen LogP contribution in [0.3, 0.4) is 0 Å². The highest BCUT2D eigenvalue weighted by molar-refractivity contribution is 5.88. The van der Waals surface area contributed by atoms with Crippen molar-refractivity contribution in [2.45, 2.75) is 20.0 Å². The van der Waals surface area contributed by atoms with Crippen LogP contribution in [0.25, 0.3) is 0 Å². The SMILES string of the molecule is CCOc1ccc(N2CCCOC2=O)cc1CO. The van der Waals surface area contributed by atoms with E-state index in [9.17, 15) is 9.90 Å². The third-order valence-electron chi connectivity index (χ3n) is 2.80. The van der Waals surface area contributed by atoms with Gasteiger partial charge in [0.2, 0.25) is 0 Å². The second-order valence-electron chi connectivity index (χ2n) is 4.00. The summed E-state index contributed by atoms with van der Waals surface area (Å²) in [5.74, 6) is 0.647. The number of carbonyl (C=O) groups excluding carboxylic acids is 1. The largest absolute Gasteiger partial charge is 0.494 e. The predicted octanol–water partition coefficient (Wildman–Crippen LogP) is 1.92. The highest BCUT2D eigenvalue weighted by Gasteiger charge is 2.21. The lowest BCUT2D eigenvalue weighted by molar-refractivity contribution is 0.140. The monoisotopic (exact) mass is 251 g/mol. The molecule has 5 heteroatoms. The van der Waals surface area contributed by atoms with E-state index in [0.717, 1.165) is 12.1 Å². The van der Waals surface area contributed by atoms with Gasteiger partial charge in [-0.3, -0.25) is 4.90 Å². The molecule has 1 aliphatic heterocycles. The summed E-state index contributed by atoms with van der Waals surface area (Å²) in [7, 11) is 0. The van der Waals surface area contributed by atoms with Crippen LogP contribution in [0.4, 0.5) is 10.5 Å². The van der Waals surface area contributed by atoms with Gasteiger partial charge in [-0.05, 0) is 31.5 Å². The first-order chi connectivity index (χ1) is 8.76. The maximum Gasteiger partial charge on any atom is 0.414 e. The molecule has 1 heterocycles. The Kier molecular flexibility index (Phi) is 4.04. The molecule has 1 N–H and O–H groups in total. The Balaban J connectivity index is 2.25. The fourth-order valence-corrected chi connectivity index (χ4v) is 1.94. The van der Waals surface area contributed by atoms with E-state index < -0.39 is 0 Å². The van der Waals surface area contributed by atoms with Crippen molar-refractivity contribution in [1.29, 1.82) is 0 Å². The van der Waals surface area contributed by atoms with Crippen molar-refractivity contribution in [3.8, 4) is 5.75 Å². The van der Waals surface area contributed by atoms with Gasteiger partial charge in [0.25, 0.3) is 0 Å². The van der Waals surface area contributed by atoms with Crippen LogP contribution in [0.5, 0.6) is 5.75 Å². The second kappa shape index (κ2) is 5.73. The number of carbonyl (C=O) groups is 1. The molecule has 0 saturated carbocycles. The van der Waals surface area contributed by atoms with Crippen LogP contribution in [0.1, 0.15) is 18.9 Å². The van der Waals surface area contributed by atoms with Crippen molar-refractivity contribution in [1.82, 2.24) is 0 Å². The number of aliphatic hydroxyl groups is 1. The first-order valence-electron chi connectivity index (χ1n) is 6.07. The van der Waals surface area contributed by atoms with E-state index in [1.54, 1.807) is 23.1 Å². The maximum absolute atomic E-state index is 11.6. The first-order valence-corrected chi connectivity index (χ1v) is 6.07. The quantitative estimate of drug-likeness (QED) is 0.888. The number of amides is 1. The fourth-order valence-electron chi connectivity index (χ4n) is 1.94. The van der Waals surface area contributed by atoms with Gasteiger partial charge in [-0.1, -0.05) is 0 Å². The number of nitrogens with zero attached hydrogens (tertiary/aromatic N) is 1. The van der Waals surface area contributed by atoms with Gasteiger partial charge >= 0.3 is 6.09 Å². The summed E-state index contributed by atoms with van der Waals surface area (Å²) in [5, 5.41) is 9.32. The van der Waals surface area contributed by atoms with Gasteiger partial charge < -0.3 is 14.6 Å². The van der Waals surface area contributed by atoms with Gasteiger partial charge in [0.15, 0.2) is 0 Å². The topological polar surface area (TPSA) is 59.0 Å². The minimum absolute atomic E-state index is 0.119. The lowest BCUT2D eigenvalue weighted by Gasteiger charge is -2.27. The summed E-state index contributed by atoms with van der Waals surface area (Å²) in [6, 6.07) is 5.33. The molecule has 0 spiro atoms. The van der Waals surface area contributed by atoms with Gasteiger partial charge in [0, 0.05) is 17.8 Å². The molecule has 1 amide bonds. The number of hydrogen-bond donors (Lipinski definition) is 1. The molecule has 0 radical (unpaired) electrons. The van der Waals surface area contributed by atoms with Crippen LogP contribution in [0.15, 0.2) is 18.2 Å². The zero-order valence-corrected chi connectivity index (χ0v) is 10.4. The summed E-state index contributed by atoms with van der Waals surface area (Å²) in [5.41, 5.74) is 1.40. The van der Waals surface area contributed by atoms with Crippen molar-refractivity contribution in [3.05, 3.63) is 23.8 Å². The fraction of sp³-hybridized carbons (Fsp3) is 0.462. The molecule has 18 heavy (non-hydrogen) atoms. The molecule has 1 aromatic rings. The molecule has 5 nitrogen and oxygen atoms in total. The molecule has 0 aliphatic carbocycles. The lowest BCUT2D eigenvalue weighted by atomic mass is 10.1. The highest BCUT2D eigenvalue weighted by Crippen LogP contribution is 2.27. The van der Waals surface area contributed by atoms with E-state index in [1.807, 2.05) is 6.92 Å². The van der Waals surface area contributed by atoms with Crippen molar-refractivity contribution < 1.29 is 19.4 Å². The molecule has 2 rings (SSSR count). The molecule has 1 aliphatic rings. The van der Waals surface area contributed by atoms with Crippen LogP contribution >= 0.6 is 0 Å². The van der Waals surface area contributed by atoms with E-state index >= 15 is 0 Å². The van der Waals surface area contributed by atoms with Gasteiger partial charge in [0.1, 0.15) is 5.75 Å². The number of benzene rings is 1. The minimum Gasteiger partial charge on any atom is -0.494 e. The first kappa shape index (κ1) is 12.7. The average Bonchev–Trinajstić information content (AvgIpc) is 2.40. The van der Waals surface area contributed by atoms with Crippen molar-refractivity contribution in [3.63, 3.8) is 0 Å². The Labute approximate surface area is 106 Å². The van der Waals surface area contributed by atoms with Gasteiger partial charge in [0.05, 0.1) is 19.8 Å². The Bertz CT molecular complexity index is 433. The van der Waals surface area contributed by atoms with E-state index in [-0.39, 0.29) is 12.7 Å². The smallest absolute Gasteiger partial charge is 0.414 e. The molecule has 0 aromatic heterocycles. The number of cyclic esters (lactones) is 1. The molecule has 0 unspecified atom stereocenters. The number of hydrogen-bond acceptors (Lipinski definition) is 4. The van der Waals surface area contributed by atoms with Gasteiger partial charge in [-0.15, -0.1) is 0 Å². The Hall–Kier alpha value is -1.75. The number of anilines is 1. The molecule has 1 aromatic carbocycles. The summed E-state index contributed by atoms with van der Waals surface area (Å²) in [6.07, 6.45) is 0.474. The highest BCUT2D eigenvalue weighted by atomic mass is 16.6. The van der Waals surface area contributed by atoms with E-state index in [0.29, 0.717) is 31.1 Å². The summed E-state index contributed by atoms with van der Waals surface area (Å²) < 4.78 is 10.4. The van der Waals surface area contributed by atoms with E-state index in [4.69, 9.17) is 9.47 Å². The molecular weight excluding hydrogens is 234 g/mol. The normalized spacial score (nSPS) is 15.4. The molecule has 0 atom stereocenters. The van der Waals surface area contributed by atoms with Crippen LogP contribution in [-0.2, 0) is 11.3 Å². The van der Waals surface area contributed by atoms with Crippen LogP contribution in [0, 0.1) is 0 Å². The molecule has 98 valence electrons. The van der Waals surface area contributed by atoms with Crippen LogP contribution < -0.4 is 9.64 Å². The number of ether oxygens (including phenoxy) is 2. The third-order valence-corrected chi connectivity index (χ3v) is 2.80. The molecule has 1 saturated heterocycles. The Morgan fingerprint density at radius 3 is 3.00 bits per heavy atom. The maximum atomic E-state index is 11.6. The molecule has 1 fully saturated rings. The van der Waals surface area contributed by atoms with Gasteiger partial charge in [-0.2, -0.15) is 0 Å². The number of aliphatic hydroxyl groups excluding tert-OH is 1. The predicted molar refractivity (Wildman–Crippen MR) is 66.8 cm³/mol. The second-order valence-corrected chi connectivity index (χ2v) is 4.00. The third kappa shape index (κ3) is 2.56. The Morgan fingerprint density at radius 2 is 2.33 bits per heavy atom.